The van der Waals surface area contributed by atoms with Crippen molar-refractivity contribution in [1.29, 1.82) is 0 Å². The Morgan fingerprint density at radius 3 is 2.69 bits per heavy atom. The summed E-state index contributed by atoms with van der Waals surface area (Å²) in [4.78, 5) is 0. The summed E-state index contributed by atoms with van der Waals surface area (Å²) in [6.45, 7) is 4.06. The van der Waals surface area contributed by atoms with E-state index in [1.807, 2.05) is 24.3 Å². The van der Waals surface area contributed by atoms with Crippen molar-refractivity contribution >= 4 is 0 Å². The van der Waals surface area contributed by atoms with Gasteiger partial charge in [-0.15, -0.1) is 0 Å². The van der Waals surface area contributed by atoms with Crippen LogP contribution in [0, 0.1) is 0 Å². The van der Waals surface area contributed by atoms with Crippen molar-refractivity contribution in [2.45, 2.75) is 26.4 Å². The van der Waals surface area contributed by atoms with Crippen LogP contribution in [0.15, 0.2) is 24.3 Å². The minimum Gasteiger partial charge on any atom is -0.491 e. The molecule has 0 heterocycles. The number of aliphatic hydroxyl groups is 1. The van der Waals surface area contributed by atoms with Crippen LogP contribution < -0.4 is 4.74 Å². The molecule has 0 aliphatic rings. The Hall–Kier alpha value is -1.06. The SMILES string of the molecule is CCCCOCCOc1ccccc1CO. The molecule has 0 aliphatic carbocycles. The molecule has 0 amide bonds. The van der Waals surface area contributed by atoms with E-state index in [2.05, 4.69) is 6.92 Å². The van der Waals surface area contributed by atoms with Gasteiger partial charge in [-0.05, 0) is 12.5 Å². The van der Waals surface area contributed by atoms with E-state index in [1.54, 1.807) is 0 Å². The van der Waals surface area contributed by atoms with Gasteiger partial charge in [-0.1, -0.05) is 31.5 Å². The molecule has 1 N–H and O–H groups in total. The van der Waals surface area contributed by atoms with Crippen LogP contribution in [0.5, 0.6) is 5.75 Å². The van der Waals surface area contributed by atoms with E-state index in [0.29, 0.717) is 13.2 Å². The molecule has 0 spiro atoms. The van der Waals surface area contributed by atoms with Gasteiger partial charge in [-0.3, -0.25) is 0 Å². The van der Waals surface area contributed by atoms with Crippen LogP contribution in [0.1, 0.15) is 25.3 Å². The van der Waals surface area contributed by atoms with E-state index in [-0.39, 0.29) is 6.61 Å². The van der Waals surface area contributed by atoms with Crippen molar-refractivity contribution < 1.29 is 14.6 Å². The first kappa shape index (κ1) is 13.0. The van der Waals surface area contributed by atoms with Gasteiger partial charge in [0.25, 0.3) is 0 Å². The first-order valence-electron chi connectivity index (χ1n) is 5.77. The Balaban J connectivity index is 2.21. The molecule has 1 aromatic carbocycles. The molecule has 0 bridgehead atoms. The van der Waals surface area contributed by atoms with E-state index in [0.717, 1.165) is 30.8 Å². The van der Waals surface area contributed by atoms with E-state index in [9.17, 15) is 0 Å². The molecule has 0 aliphatic heterocycles. The van der Waals surface area contributed by atoms with Gasteiger partial charge in [0, 0.05) is 12.2 Å². The average molecular weight is 224 g/mol. The first-order chi connectivity index (χ1) is 7.88. The van der Waals surface area contributed by atoms with E-state index in [4.69, 9.17) is 14.6 Å². The fourth-order valence-corrected chi connectivity index (χ4v) is 1.33. The zero-order valence-corrected chi connectivity index (χ0v) is 9.82. The van der Waals surface area contributed by atoms with Gasteiger partial charge >= 0.3 is 0 Å². The number of unbranched alkanes of at least 4 members (excludes halogenated alkanes) is 1. The van der Waals surface area contributed by atoms with E-state index >= 15 is 0 Å². The largest absolute Gasteiger partial charge is 0.491 e. The molecule has 3 heteroatoms. The minimum atomic E-state index is 0.00681. The normalized spacial score (nSPS) is 10.4. The van der Waals surface area contributed by atoms with Crippen molar-refractivity contribution in [3.05, 3.63) is 29.8 Å². The topological polar surface area (TPSA) is 38.7 Å². The van der Waals surface area contributed by atoms with Gasteiger partial charge in [0.05, 0.1) is 13.2 Å². The Bertz CT molecular complexity index is 286. The van der Waals surface area contributed by atoms with Gasteiger partial charge in [0.1, 0.15) is 12.4 Å². The maximum atomic E-state index is 9.08. The number of para-hydroxylation sites is 1. The number of hydrogen-bond donors (Lipinski definition) is 1. The highest BCUT2D eigenvalue weighted by Crippen LogP contribution is 2.17. The zero-order valence-electron chi connectivity index (χ0n) is 9.82. The molecule has 3 nitrogen and oxygen atoms in total. The second kappa shape index (κ2) is 8.13. The number of aliphatic hydroxyl groups excluding tert-OH is 1. The molecule has 16 heavy (non-hydrogen) atoms. The van der Waals surface area contributed by atoms with Crippen molar-refractivity contribution in [3.8, 4) is 5.75 Å². The Labute approximate surface area is 97.0 Å². The monoisotopic (exact) mass is 224 g/mol. The molecule has 0 saturated heterocycles. The van der Waals surface area contributed by atoms with E-state index in [1.165, 1.54) is 0 Å². The van der Waals surface area contributed by atoms with Crippen LogP contribution in [0.3, 0.4) is 0 Å². The third kappa shape index (κ3) is 4.64. The number of hydrogen-bond acceptors (Lipinski definition) is 3. The lowest BCUT2D eigenvalue weighted by Crippen LogP contribution is -2.08. The maximum Gasteiger partial charge on any atom is 0.124 e. The van der Waals surface area contributed by atoms with Crippen LogP contribution in [0.2, 0.25) is 0 Å². The highest BCUT2D eigenvalue weighted by Gasteiger charge is 2.00. The molecular formula is C13H20O3. The molecule has 1 rings (SSSR count). The van der Waals surface area contributed by atoms with Gasteiger partial charge in [-0.25, -0.2) is 0 Å². The predicted molar refractivity (Wildman–Crippen MR) is 63.6 cm³/mol. The van der Waals surface area contributed by atoms with Gasteiger partial charge in [0.2, 0.25) is 0 Å². The van der Waals surface area contributed by atoms with Gasteiger partial charge in [-0.2, -0.15) is 0 Å². The van der Waals surface area contributed by atoms with Crippen molar-refractivity contribution in [2.24, 2.45) is 0 Å². The molecule has 1 aromatic rings. The molecule has 0 fully saturated rings. The highest BCUT2D eigenvalue weighted by atomic mass is 16.5. The second-order valence-electron chi connectivity index (χ2n) is 3.58. The maximum absolute atomic E-state index is 9.08. The zero-order chi connectivity index (χ0) is 11.6. The summed E-state index contributed by atoms with van der Waals surface area (Å²) in [5.74, 6) is 0.740. The Kier molecular flexibility index (Phi) is 6.61. The third-order valence-corrected chi connectivity index (χ3v) is 2.27. The Morgan fingerprint density at radius 2 is 1.94 bits per heavy atom. The predicted octanol–water partition coefficient (Wildman–Crippen LogP) is 2.37. The average Bonchev–Trinajstić information content (AvgIpc) is 2.34. The number of rotatable bonds is 8. The molecular weight excluding hydrogens is 204 g/mol. The number of ether oxygens (including phenoxy) is 2. The lowest BCUT2D eigenvalue weighted by atomic mass is 10.2. The summed E-state index contributed by atoms with van der Waals surface area (Å²) in [6, 6.07) is 7.49. The summed E-state index contributed by atoms with van der Waals surface area (Å²) in [7, 11) is 0. The van der Waals surface area contributed by atoms with Crippen LogP contribution >= 0.6 is 0 Å². The molecule has 0 aromatic heterocycles. The molecule has 90 valence electrons. The molecule has 0 radical (unpaired) electrons. The molecule has 0 saturated carbocycles. The van der Waals surface area contributed by atoms with Crippen molar-refractivity contribution in [3.63, 3.8) is 0 Å². The standard InChI is InChI=1S/C13H20O3/c1-2-3-8-15-9-10-16-13-7-5-4-6-12(13)11-14/h4-7,14H,2-3,8-11H2,1H3. The fourth-order valence-electron chi connectivity index (χ4n) is 1.33. The van der Waals surface area contributed by atoms with Crippen LogP contribution in [0.4, 0.5) is 0 Å². The van der Waals surface area contributed by atoms with Crippen LogP contribution in [-0.2, 0) is 11.3 Å². The van der Waals surface area contributed by atoms with Crippen molar-refractivity contribution in [1.82, 2.24) is 0 Å². The molecule has 0 unspecified atom stereocenters. The summed E-state index contributed by atoms with van der Waals surface area (Å²) in [6.07, 6.45) is 2.24. The third-order valence-electron chi connectivity index (χ3n) is 2.27. The van der Waals surface area contributed by atoms with Gasteiger partial charge < -0.3 is 14.6 Å². The lowest BCUT2D eigenvalue weighted by Gasteiger charge is -2.09. The Morgan fingerprint density at radius 1 is 1.12 bits per heavy atom. The van der Waals surface area contributed by atoms with Gasteiger partial charge in [0.15, 0.2) is 0 Å². The second-order valence-corrected chi connectivity index (χ2v) is 3.58. The lowest BCUT2D eigenvalue weighted by molar-refractivity contribution is 0.0971. The first-order valence-corrected chi connectivity index (χ1v) is 5.77. The molecule has 0 atom stereocenters. The minimum absolute atomic E-state index is 0.00681. The quantitative estimate of drug-likeness (QED) is 0.689. The highest BCUT2D eigenvalue weighted by molar-refractivity contribution is 5.32. The summed E-state index contributed by atoms with van der Waals surface area (Å²) in [5, 5.41) is 9.08. The fraction of sp³-hybridized carbons (Fsp3) is 0.538. The van der Waals surface area contributed by atoms with E-state index < -0.39 is 0 Å². The summed E-state index contributed by atoms with van der Waals surface area (Å²) >= 11 is 0. The summed E-state index contributed by atoms with van der Waals surface area (Å²) < 4.78 is 10.9. The van der Waals surface area contributed by atoms with Crippen LogP contribution in [0.25, 0.3) is 0 Å². The number of benzene rings is 1. The van der Waals surface area contributed by atoms with Crippen molar-refractivity contribution in [2.75, 3.05) is 19.8 Å². The smallest absolute Gasteiger partial charge is 0.124 e. The van der Waals surface area contributed by atoms with Crippen LogP contribution in [-0.4, -0.2) is 24.9 Å². The summed E-state index contributed by atoms with van der Waals surface area (Å²) in [5.41, 5.74) is 0.816.